The Hall–Kier alpha value is -8.87. The van der Waals surface area contributed by atoms with Crippen LogP contribution in [0.5, 0.6) is 0 Å². The molecular weight excluding hydrogens is 817 g/mol. The first kappa shape index (κ1) is 39.7. The standard InChI is InChI=1S/C61H44N6/c1-43-39-51(27-16-18-44-17-14-15-28-56(44)61(43,46-19-6-2-7-20-46)47-21-8-3-9-22-47)66(50-31-29-45(30-32-50)60-63-41-62-42-64-60)52-33-35-58-55(40-52)53-34-36-57-54(37-38-65(57)48-23-10-4-11-24-48)59(53)67(58)49-25-12-5-13-26-49/h2-17,19-42H,1,18H2/b27-16-,51-39+. The third-order valence-corrected chi connectivity index (χ3v) is 13.3. The SMILES string of the molecule is C=C1/C=C(N(c2ccc(-c3ncncn3)cc2)c2ccc3c(c2)c2ccc4c(ccn4-c4ccccc4)c2n3-c2ccccc2)\C=C/Cc2ccccc2C1(c1ccccc1)c1ccccc1. The van der Waals surface area contributed by atoms with Crippen LogP contribution in [0.4, 0.5) is 11.4 Å². The lowest BCUT2D eigenvalue weighted by Crippen LogP contribution is -2.32. The van der Waals surface area contributed by atoms with Gasteiger partial charge in [0.15, 0.2) is 5.82 Å². The summed E-state index contributed by atoms with van der Waals surface area (Å²) >= 11 is 0. The van der Waals surface area contributed by atoms with Gasteiger partial charge in [-0.15, -0.1) is 0 Å². The Bertz CT molecular complexity index is 3610. The predicted molar refractivity (Wildman–Crippen MR) is 274 cm³/mol. The third kappa shape index (κ3) is 6.69. The van der Waals surface area contributed by atoms with Crippen LogP contribution in [0.1, 0.15) is 22.3 Å². The molecule has 8 aromatic carbocycles. The lowest BCUT2D eigenvalue weighted by atomic mass is 9.63. The molecule has 3 heterocycles. The number of hydrogen-bond acceptors (Lipinski definition) is 4. The van der Waals surface area contributed by atoms with Gasteiger partial charge in [0, 0.05) is 56.4 Å². The van der Waals surface area contributed by atoms with E-state index in [1.807, 2.05) is 0 Å². The largest absolute Gasteiger partial charge is 0.316 e. The van der Waals surface area contributed by atoms with Crippen molar-refractivity contribution >= 4 is 44.1 Å². The number of aromatic nitrogens is 5. The molecule has 67 heavy (non-hydrogen) atoms. The summed E-state index contributed by atoms with van der Waals surface area (Å²) in [5, 5.41) is 3.51. The zero-order valence-corrected chi connectivity index (χ0v) is 36.7. The molecule has 1 aliphatic carbocycles. The minimum Gasteiger partial charge on any atom is -0.316 e. The summed E-state index contributed by atoms with van der Waals surface area (Å²) in [4.78, 5) is 15.4. The van der Waals surface area contributed by atoms with Crippen LogP contribution in [0, 0.1) is 0 Å². The Morgan fingerprint density at radius 1 is 0.537 bits per heavy atom. The second-order valence-corrected chi connectivity index (χ2v) is 17.0. The van der Waals surface area contributed by atoms with E-state index in [2.05, 4.69) is 260 Å². The first-order chi connectivity index (χ1) is 33.2. The fraction of sp³-hybridized carbons (Fsp3) is 0.0328. The molecule has 6 heteroatoms. The molecule has 0 saturated carbocycles. The van der Waals surface area contributed by atoms with Crippen molar-refractivity contribution in [2.24, 2.45) is 0 Å². The summed E-state index contributed by atoms with van der Waals surface area (Å²) in [6.45, 7) is 5.05. The maximum absolute atomic E-state index is 5.05. The highest BCUT2D eigenvalue weighted by Gasteiger charge is 2.40. The minimum absolute atomic E-state index is 0.624. The van der Waals surface area contributed by atoms with Gasteiger partial charge in [-0.2, -0.15) is 0 Å². The Morgan fingerprint density at radius 3 is 1.85 bits per heavy atom. The van der Waals surface area contributed by atoms with E-state index in [0.29, 0.717) is 5.82 Å². The average Bonchev–Trinajstić information content (AvgIpc) is 3.99. The van der Waals surface area contributed by atoms with Crippen molar-refractivity contribution in [1.82, 2.24) is 24.1 Å². The lowest BCUT2D eigenvalue weighted by Gasteiger charge is -2.39. The molecule has 11 aromatic rings. The molecule has 0 fully saturated rings. The van der Waals surface area contributed by atoms with Crippen LogP contribution in [-0.4, -0.2) is 24.1 Å². The van der Waals surface area contributed by atoms with E-state index in [0.717, 1.165) is 73.6 Å². The number of hydrogen-bond donors (Lipinski definition) is 0. The maximum Gasteiger partial charge on any atom is 0.162 e. The number of anilines is 2. The molecule has 0 atom stereocenters. The van der Waals surface area contributed by atoms with E-state index in [-0.39, 0.29) is 0 Å². The molecule has 6 nitrogen and oxygen atoms in total. The van der Waals surface area contributed by atoms with Gasteiger partial charge in [0.05, 0.1) is 22.0 Å². The van der Waals surface area contributed by atoms with Gasteiger partial charge >= 0.3 is 0 Å². The molecule has 0 aliphatic heterocycles. The smallest absolute Gasteiger partial charge is 0.162 e. The fourth-order valence-electron chi connectivity index (χ4n) is 10.4. The fourth-order valence-corrected chi connectivity index (χ4v) is 10.4. The molecule has 0 N–H and O–H groups in total. The summed E-state index contributed by atoms with van der Waals surface area (Å²) in [6, 6.07) is 74.0. The molecule has 318 valence electrons. The summed E-state index contributed by atoms with van der Waals surface area (Å²) in [6.07, 6.45) is 12.9. The van der Waals surface area contributed by atoms with Gasteiger partial charge < -0.3 is 14.0 Å². The molecule has 0 bridgehead atoms. The molecular formula is C61H44N6. The van der Waals surface area contributed by atoms with E-state index < -0.39 is 5.41 Å². The summed E-state index contributed by atoms with van der Waals surface area (Å²) < 4.78 is 4.70. The third-order valence-electron chi connectivity index (χ3n) is 13.3. The number of fused-ring (bicyclic) bond motifs is 6. The highest BCUT2D eigenvalue weighted by molar-refractivity contribution is 6.19. The molecule has 3 aromatic heterocycles. The van der Waals surface area contributed by atoms with Gasteiger partial charge in [0.2, 0.25) is 0 Å². The zero-order chi connectivity index (χ0) is 44.7. The van der Waals surface area contributed by atoms with E-state index in [9.17, 15) is 0 Å². The van der Waals surface area contributed by atoms with E-state index in [1.165, 1.54) is 40.1 Å². The van der Waals surface area contributed by atoms with Crippen molar-refractivity contribution in [1.29, 1.82) is 0 Å². The van der Waals surface area contributed by atoms with Gasteiger partial charge in [0.25, 0.3) is 0 Å². The normalized spacial score (nSPS) is 14.7. The molecule has 0 amide bonds. The molecule has 12 rings (SSSR count). The zero-order valence-electron chi connectivity index (χ0n) is 36.7. The second-order valence-electron chi connectivity index (χ2n) is 17.0. The van der Waals surface area contributed by atoms with Crippen molar-refractivity contribution in [2.45, 2.75) is 11.8 Å². The Balaban J connectivity index is 1.11. The van der Waals surface area contributed by atoms with E-state index >= 15 is 0 Å². The van der Waals surface area contributed by atoms with Gasteiger partial charge in [-0.25, -0.2) is 15.0 Å². The van der Waals surface area contributed by atoms with Crippen LogP contribution in [0.15, 0.2) is 261 Å². The van der Waals surface area contributed by atoms with Crippen molar-refractivity contribution < 1.29 is 0 Å². The highest BCUT2D eigenvalue weighted by atomic mass is 15.1. The molecule has 1 aliphatic rings. The summed E-state index contributed by atoms with van der Waals surface area (Å²) in [5.41, 5.74) is 14.6. The average molecular weight is 861 g/mol. The summed E-state index contributed by atoms with van der Waals surface area (Å²) in [7, 11) is 0. The van der Waals surface area contributed by atoms with Crippen molar-refractivity contribution in [3.05, 3.63) is 283 Å². The number of benzene rings is 8. The van der Waals surface area contributed by atoms with Crippen molar-refractivity contribution in [2.75, 3.05) is 4.90 Å². The lowest BCUT2D eigenvalue weighted by molar-refractivity contribution is 0.736. The molecule has 0 radical (unpaired) electrons. The van der Waals surface area contributed by atoms with Crippen molar-refractivity contribution in [3.63, 3.8) is 0 Å². The quantitative estimate of drug-likeness (QED) is 0.153. The number of para-hydroxylation sites is 2. The topological polar surface area (TPSA) is 51.8 Å². The van der Waals surface area contributed by atoms with Gasteiger partial charge in [0.1, 0.15) is 12.7 Å². The number of rotatable bonds is 8. The Kier molecular flexibility index (Phi) is 9.84. The highest BCUT2D eigenvalue weighted by Crippen LogP contribution is 2.49. The Morgan fingerprint density at radius 2 is 1.15 bits per heavy atom. The number of allylic oxidation sites excluding steroid dienone is 4. The van der Waals surface area contributed by atoms with Crippen LogP contribution < -0.4 is 4.90 Å². The Labute approximate surface area is 389 Å². The number of nitrogens with zero attached hydrogens (tertiary/aromatic N) is 6. The maximum atomic E-state index is 5.05. The van der Waals surface area contributed by atoms with Crippen LogP contribution in [0.3, 0.4) is 0 Å². The van der Waals surface area contributed by atoms with Gasteiger partial charge in [-0.3, -0.25) is 0 Å². The second kappa shape index (κ2) is 16.6. The summed E-state index contributed by atoms with van der Waals surface area (Å²) in [5.74, 6) is 0.624. The minimum atomic E-state index is -0.695. The van der Waals surface area contributed by atoms with Gasteiger partial charge in [-0.1, -0.05) is 140 Å². The molecule has 0 spiro atoms. The predicted octanol–water partition coefficient (Wildman–Crippen LogP) is 14.3. The van der Waals surface area contributed by atoms with Crippen LogP contribution in [-0.2, 0) is 11.8 Å². The van der Waals surface area contributed by atoms with Gasteiger partial charge in [-0.05, 0) is 125 Å². The first-order valence-corrected chi connectivity index (χ1v) is 22.7. The van der Waals surface area contributed by atoms with Crippen molar-refractivity contribution in [3.8, 4) is 22.8 Å². The van der Waals surface area contributed by atoms with E-state index in [4.69, 9.17) is 6.58 Å². The monoisotopic (exact) mass is 860 g/mol. The van der Waals surface area contributed by atoms with Crippen LogP contribution >= 0.6 is 0 Å². The van der Waals surface area contributed by atoms with Crippen LogP contribution in [0.2, 0.25) is 0 Å². The molecule has 0 unspecified atom stereocenters. The molecule has 0 saturated heterocycles. The first-order valence-electron chi connectivity index (χ1n) is 22.7. The van der Waals surface area contributed by atoms with E-state index in [1.54, 1.807) is 0 Å². The van der Waals surface area contributed by atoms with Crippen LogP contribution in [0.25, 0.3) is 55.5 Å².